The molecule has 1 aliphatic rings. The van der Waals surface area contributed by atoms with Gasteiger partial charge in [-0.05, 0) is 43.7 Å². The van der Waals surface area contributed by atoms with Gasteiger partial charge in [-0.3, -0.25) is 14.6 Å². The van der Waals surface area contributed by atoms with Crippen molar-refractivity contribution in [2.75, 3.05) is 6.61 Å². The van der Waals surface area contributed by atoms with E-state index >= 15 is 0 Å². The maximum absolute atomic E-state index is 12.7. The zero-order valence-corrected chi connectivity index (χ0v) is 17.0. The summed E-state index contributed by atoms with van der Waals surface area (Å²) in [6.07, 6.45) is -4.24. The highest BCUT2D eigenvalue weighted by Gasteiger charge is 2.46. The van der Waals surface area contributed by atoms with Crippen molar-refractivity contribution in [1.82, 2.24) is 4.98 Å². The van der Waals surface area contributed by atoms with E-state index < -0.39 is 18.0 Å². The second-order valence-electron chi connectivity index (χ2n) is 7.02. The summed E-state index contributed by atoms with van der Waals surface area (Å²) in [5, 5.41) is 0.378. The molecule has 1 aliphatic carbocycles. The fourth-order valence-corrected chi connectivity index (χ4v) is 4.57. The molecule has 3 aromatic rings. The van der Waals surface area contributed by atoms with Gasteiger partial charge in [-0.15, -0.1) is 24.5 Å². The van der Waals surface area contributed by atoms with E-state index in [1.165, 1.54) is 18.2 Å². The van der Waals surface area contributed by atoms with E-state index in [-0.39, 0.29) is 22.7 Å². The number of benzene rings is 1. The van der Waals surface area contributed by atoms with Crippen molar-refractivity contribution in [3.63, 3.8) is 0 Å². The molecule has 2 aromatic heterocycles. The average molecular weight is 450 g/mol. The van der Waals surface area contributed by atoms with Crippen LogP contribution >= 0.6 is 11.3 Å². The summed E-state index contributed by atoms with van der Waals surface area (Å²) in [5.74, 6) is -1.78. The lowest BCUT2D eigenvalue weighted by Crippen LogP contribution is -2.16. The van der Waals surface area contributed by atoms with Crippen molar-refractivity contribution in [1.29, 1.82) is 0 Å². The molecule has 2 atom stereocenters. The molecule has 10 heteroatoms. The molecule has 1 amide bonds. The number of ether oxygens (including phenoxy) is 2. The Bertz CT molecular complexity index is 1180. The lowest BCUT2D eigenvalue weighted by atomic mass is 10.0. The van der Waals surface area contributed by atoms with Crippen LogP contribution in [-0.4, -0.2) is 29.8 Å². The van der Waals surface area contributed by atoms with Crippen LogP contribution in [0.4, 0.5) is 13.2 Å². The fourth-order valence-electron chi connectivity index (χ4n) is 3.53. The van der Waals surface area contributed by atoms with Crippen molar-refractivity contribution in [2.45, 2.75) is 25.6 Å². The predicted octanol–water partition coefficient (Wildman–Crippen LogP) is 4.63. The Balaban J connectivity index is 1.76. The van der Waals surface area contributed by atoms with Gasteiger partial charge in [-0.25, -0.2) is 0 Å². The third-order valence-electron chi connectivity index (χ3n) is 4.90. The molecular formula is C21H17F3N2O4S. The normalized spacial score (nSPS) is 18.1. The average Bonchev–Trinajstić information content (AvgIpc) is 3.41. The number of carbonyl (C=O) groups excluding carboxylic acids is 2. The Morgan fingerprint density at radius 1 is 1.26 bits per heavy atom. The van der Waals surface area contributed by atoms with Crippen molar-refractivity contribution in [3.8, 4) is 17.0 Å². The van der Waals surface area contributed by atoms with Crippen LogP contribution in [0.5, 0.6) is 5.75 Å². The molecule has 2 heterocycles. The third kappa shape index (κ3) is 4.34. The molecule has 0 spiro atoms. The van der Waals surface area contributed by atoms with Crippen molar-refractivity contribution >= 4 is 33.3 Å². The summed E-state index contributed by atoms with van der Waals surface area (Å²) >= 11 is 1.07. The number of amides is 1. The van der Waals surface area contributed by atoms with E-state index in [1.54, 1.807) is 25.1 Å². The van der Waals surface area contributed by atoms with Crippen molar-refractivity contribution in [2.24, 2.45) is 11.7 Å². The number of hydrogen-bond acceptors (Lipinski definition) is 6. The Labute approximate surface area is 178 Å². The number of carbonyl (C=O) groups is 2. The number of fused-ring (bicyclic) bond motifs is 1. The Morgan fingerprint density at radius 3 is 2.71 bits per heavy atom. The molecule has 6 nitrogen and oxygen atoms in total. The monoisotopic (exact) mass is 450 g/mol. The number of thiophene rings is 1. The Kier molecular flexibility index (Phi) is 5.34. The minimum absolute atomic E-state index is 0.106. The number of esters is 1. The minimum Gasteiger partial charge on any atom is -0.466 e. The number of rotatable bonds is 6. The number of hydrogen-bond donors (Lipinski definition) is 1. The van der Waals surface area contributed by atoms with Crippen LogP contribution in [0, 0.1) is 5.92 Å². The minimum atomic E-state index is -4.84. The van der Waals surface area contributed by atoms with Crippen LogP contribution in [0.25, 0.3) is 21.3 Å². The lowest BCUT2D eigenvalue weighted by Gasteiger charge is -2.09. The topological polar surface area (TPSA) is 91.5 Å². The number of nitrogens with zero attached hydrogens (tertiary/aromatic N) is 1. The highest BCUT2D eigenvalue weighted by molar-refractivity contribution is 7.21. The quantitative estimate of drug-likeness (QED) is 0.553. The number of halogens is 3. The first-order chi connectivity index (χ1) is 14.7. The molecule has 162 valence electrons. The van der Waals surface area contributed by atoms with Gasteiger partial charge in [-0.1, -0.05) is 6.07 Å². The summed E-state index contributed by atoms with van der Waals surface area (Å²) < 4.78 is 47.6. The fraction of sp³-hybridized carbons (Fsp3) is 0.286. The van der Waals surface area contributed by atoms with Crippen LogP contribution in [0.15, 0.2) is 36.4 Å². The van der Waals surface area contributed by atoms with Crippen molar-refractivity contribution < 1.29 is 32.2 Å². The summed E-state index contributed by atoms with van der Waals surface area (Å²) in [6.45, 7) is 2.03. The Morgan fingerprint density at radius 2 is 2.03 bits per heavy atom. The van der Waals surface area contributed by atoms with Crippen LogP contribution in [0.1, 0.15) is 34.6 Å². The molecule has 1 saturated carbocycles. The van der Waals surface area contributed by atoms with Gasteiger partial charge in [-0.2, -0.15) is 0 Å². The van der Waals surface area contributed by atoms with Gasteiger partial charge in [0.15, 0.2) is 0 Å². The first kappa shape index (κ1) is 21.1. The van der Waals surface area contributed by atoms with Gasteiger partial charge in [0.1, 0.15) is 10.6 Å². The smallest absolute Gasteiger partial charge is 0.466 e. The van der Waals surface area contributed by atoms with E-state index in [0.717, 1.165) is 11.3 Å². The molecule has 1 aromatic carbocycles. The van der Waals surface area contributed by atoms with E-state index in [0.29, 0.717) is 40.1 Å². The van der Waals surface area contributed by atoms with E-state index in [1.807, 2.05) is 0 Å². The van der Waals surface area contributed by atoms with Crippen molar-refractivity contribution in [3.05, 3.63) is 47.0 Å². The summed E-state index contributed by atoms with van der Waals surface area (Å²) in [4.78, 5) is 28.8. The molecule has 4 rings (SSSR count). The molecule has 0 unspecified atom stereocenters. The van der Waals surface area contributed by atoms with Crippen LogP contribution in [-0.2, 0) is 9.53 Å². The van der Waals surface area contributed by atoms with Gasteiger partial charge in [0.2, 0.25) is 0 Å². The highest BCUT2D eigenvalue weighted by Crippen LogP contribution is 2.48. The number of alkyl halides is 3. The van der Waals surface area contributed by atoms with Gasteiger partial charge < -0.3 is 15.2 Å². The zero-order chi connectivity index (χ0) is 22.3. The van der Waals surface area contributed by atoms with E-state index in [2.05, 4.69) is 9.72 Å². The second-order valence-corrected chi connectivity index (χ2v) is 8.08. The first-order valence-electron chi connectivity index (χ1n) is 9.44. The summed E-state index contributed by atoms with van der Waals surface area (Å²) in [7, 11) is 0. The number of nitrogens with two attached hydrogens (primary N) is 1. The van der Waals surface area contributed by atoms with Gasteiger partial charge >= 0.3 is 12.3 Å². The maximum atomic E-state index is 12.7. The molecule has 1 fully saturated rings. The van der Waals surface area contributed by atoms with Crippen LogP contribution in [0.2, 0.25) is 0 Å². The second kappa shape index (κ2) is 7.84. The summed E-state index contributed by atoms with van der Waals surface area (Å²) in [5.41, 5.74) is 6.91. The molecule has 2 N–H and O–H groups in total. The number of primary amides is 1. The molecule has 0 saturated heterocycles. The van der Waals surface area contributed by atoms with Gasteiger partial charge in [0, 0.05) is 27.3 Å². The zero-order valence-electron chi connectivity index (χ0n) is 16.2. The SMILES string of the molecule is CCOC(=O)[C@@H]1C[C@H]1c1cccc(-c2c(C(N)=O)sc3ccc(OC(F)(F)F)cc23)n1. The molecule has 0 bridgehead atoms. The molecule has 0 aliphatic heterocycles. The number of pyridine rings is 1. The lowest BCUT2D eigenvalue weighted by molar-refractivity contribution is -0.274. The first-order valence-corrected chi connectivity index (χ1v) is 10.3. The van der Waals surface area contributed by atoms with E-state index in [4.69, 9.17) is 10.5 Å². The predicted molar refractivity (Wildman–Crippen MR) is 108 cm³/mol. The molecular weight excluding hydrogens is 433 g/mol. The Hall–Kier alpha value is -3.14. The van der Waals surface area contributed by atoms with Crippen LogP contribution in [0.3, 0.4) is 0 Å². The molecule has 0 radical (unpaired) electrons. The molecule has 31 heavy (non-hydrogen) atoms. The third-order valence-corrected chi connectivity index (χ3v) is 6.09. The van der Waals surface area contributed by atoms with Gasteiger partial charge in [0.05, 0.1) is 18.2 Å². The highest BCUT2D eigenvalue weighted by atomic mass is 32.1. The van der Waals surface area contributed by atoms with E-state index in [9.17, 15) is 22.8 Å². The number of aromatic nitrogens is 1. The summed E-state index contributed by atoms with van der Waals surface area (Å²) in [6, 6.07) is 8.98. The largest absolute Gasteiger partial charge is 0.573 e. The van der Waals surface area contributed by atoms with Gasteiger partial charge in [0.25, 0.3) is 5.91 Å². The standard InChI is InChI=1S/C21H17F3N2O4S/c1-2-29-20(28)12-9-11(12)14-4-3-5-15(26-14)17-13-8-10(30-21(22,23)24)6-7-16(13)31-18(17)19(25)27/h3-8,11-12H,2,9H2,1H3,(H2,25,27)/t11-,12-/m1/s1. The maximum Gasteiger partial charge on any atom is 0.573 e. The van der Waals surface area contributed by atoms with Crippen LogP contribution < -0.4 is 10.5 Å².